The van der Waals surface area contributed by atoms with Gasteiger partial charge in [-0.25, -0.2) is 0 Å². The molecule has 0 atom stereocenters. The Morgan fingerprint density at radius 1 is 1.29 bits per heavy atom. The van der Waals surface area contributed by atoms with Gasteiger partial charge in [0.15, 0.2) is 5.78 Å². The minimum atomic E-state index is -0.634. The standard InChI is InChI=1S/C10H9ClO3/c1-6(12)7-4-3-5-8(10(11)13)9(7)14-2/h3-5H,1-2H3. The van der Waals surface area contributed by atoms with Crippen molar-refractivity contribution < 1.29 is 14.3 Å². The molecule has 1 aromatic rings. The molecule has 14 heavy (non-hydrogen) atoms. The van der Waals surface area contributed by atoms with Gasteiger partial charge >= 0.3 is 0 Å². The van der Waals surface area contributed by atoms with Crippen LogP contribution in [0.3, 0.4) is 0 Å². The zero-order valence-electron chi connectivity index (χ0n) is 7.83. The summed E-state index contributed by atoms with van der Waals surface area (Å²) < 4.78 is 4.97. The highest BCUT2D eigenvalue weighted by atomic mass is 35.5. The Hall–Kier alpha value is -1.35. The lowest BCUT2D eigenvalue weighted by atomic mass is 10.1. The van der Waals surface area contributed by atoms with Crippen LogP contribution in [0, 0.1) is 0 Å². The van der Waals surface area contributed by atoms with Gasteiger partial charge in [-0.15, -0.1) is 0 Å². The van der Waals surface area contributed by atoms with Gasteiger partial charge in [-0.3, -0.25) is 9.59 Å². The summed E-state index contributed by atoms with van der Waals surface area (Å²) in [4.78, 5) is 22.1. The molecule has 3 nitrogen and oxygen atoms in total. The van der Waals surface area contributed by atoms with Crippen molar-refractivity contribution in [3.63, 3.8) is 0 Å². The summed E-state index contributed by atoms with van der Waals surface area (Å²) in [6, 6.07) is 4.69. The van der Waals surface area contributed by atoms with Crippen molar-refractivity contribution in [2.45, 2.75) is 6.92 Å². The average molecular weight is 213 g/mol. The first-order valence-corrected chi connectivity index (χ1v) is 4.33. The van der Waals surface area contributed by atoms with E-state index in [2.05, 4.69) is 0 Å². The number of rotatable bonds is 3. The van der Waals surface area contributed by atoms with E-state index in [0.717, 1.165) is 0 Å². The highest BCUT2D eigenvalue weighted by molar-refractivity contribution is 6.68. The van der Waals surface area contributed by atoms with Gasteiger partial charge < -0.3 is 4.74 Å². The van der Waals surface area contributed by atoms with Crippen LogP contribution in [0.2, 0.25) is 0 Å². The van der Waals surface area contributed by atoms with Gasteiger partial charge in [-0.2, -0.15) is 0 Å². The van der Waals surface area contributed by atoms with Gasteiger partial charge in [0.1, 0.15) is 5.75 Å². The number of halogens is 1. The van der Waals surface area contributed by atoms with Crippen LogP contribution in [0.15, 0.2) is 18.2 Å². The van der Waals surface area contributed by atoms with Crippen molar-refractivity contribution >= 4 is 22.6 Å². The summed E-state index contributed by atoms with van der Waals surface area (Å²) in [5.74, 6) is 0.0709. The first-order valence-electron chi connectivity index (χ1n) is 3.95. The van der Waals surface area contributed by atoms with Crippen molar-refractivity contribution in [2.24, 2.45) is 0 Å². The third kappa shape index (κ3) is 1.93. The molecule has 0 aliphatic heterocycles. The van der Waals surface area contributed by atoms with Crippen molar-refractivity contribution in [1.82, 2.24) is 0 Å². The molecule has 0 spiro atoms. The normalized spacial score (nSPS) is 9.64. The molecule has 0 aliphatic rings. The molecule has 0 fully saturated rings. The number of benzene rings is 1. The van der Waals surface area contributed by atoms with Gasteiger partial charge in [-0.05, 0) is 30.7 Å². The summed E-state index contributed by atoms with van der Waals surface area (Å²) in [7, 11) is 1.39. The summed E-state index contributed by atoms with van der Waals surface area (Å²) in [5.41, 5.74) is 0.570. The maximum absolute atomic E-state index is 11.2. The Morgan fingerprint density at radius 2 is 1.86 bits per heavy atom. The lowest BCUT2D eigenvalue weighted by Gasteiger charge is -2.08. The van der Waals surface area contributed by atoms with Gasteiger partial charge in [-0.1, -0.05) is 6.07 Å². The SMILES string of the molecule is COc1c(C(C)=O)cccc1C(=O)Cl. The van der Waals surface area contributed by atoms with E-state index in [-0.39, 0.29) is 17.1 Å². The highest BCUT2D eigenvalue weighted by Gasteiger charge is 2.15. The van der Waals surface area contributed by atoms with Crippen molar-refractivity contribution in [1.29, 1.82) is 0 Å². The number of ether oxygens (including phenoxy) is 1. The topological polar surface area (TPSA) is 43.4 Å². The van der Waals surface area contributed by atoms with E-state index >= 15 is 0 Å². The van der Waals surface area contributed by atoms with Crippen LogP contribution in [0.1, 0.15) is 27.6 Å². The second kappa shape index (κ2) is 4.24. The first kappa shape index (κ1) is 10.7. The minimum absolute atomic E-state index is 0.165. The second-order valence-electron chi connectivity index (χ2n) is 2.72. The van der Waals surface area contributed by atoms with E-state index in [1.165, 1.54) is 20.1 Å². The average Bonchev–Trinajstić information content (AvgIpc) is 2.16. The molecular weight excluding hydrogens is 204 g/mol. The van der Waals surface area contributed by atoms with E-state index in [1.807, 2.05) is 0 Å². The lowest BCUT2D eigenvalue weighted by molar-refractivity contribution is 0.101. The summed E-state index contributed by atoms with van der Waals surface area (Å²) in [6.07, 6.45) is 0. The molecule has 1 aromatic carbocycles. The smallest absolute Gasteiger partial charge is 0.256 e. The third-order valence-corrected chi connectivity index (χ3v) is 2.01. The number of ketones is 1. The molecular formula is C10H9ClO3. The van der Waals surface area contributed by atoms with Gasteiger partial charge in [0.25, 0.3) is 5.24 Å². The number of methoxy groups -OCH3 is 1. The van der Waals surface area contributed by atoms with Crippen molar-refractivity contribution in [3.8, 4) is 5.75 Å². The quantitative estimate of drug-likeness (QED) is 0.570. The summed E-state index contributed by atoms with van der Waals surface area (Å²) >= 11 is 5.33. The molecule has 4 heteroatoms. The Morgan fingerprint density at radius 3 is 2.29 bits per heavy atom. The summed E-state index contributed by atoms with van der Waals surface area (Å²) in [6.45, 7) is 1.40. The fourth-order valence-electron chi connectivity index (χ4n) is 1.19. The predicted molar refractivity (Wildman–Crippen MR) is 53.2 cm³/mol. The molecule has 0 unspecified atom stereocenters. The van der Waals surface area contributed by atoms with Crippen molar-refractivity contribution in [3.05, 3.63) is 29.3 Å². The fraction of sp³-hybridized carbons (Fsp3) is 0.200. The molecule has 0 radical (unpaired) electrons. The van der Waals surface area contributed by atoms with Gasteiger partial charge in [0, 0.05) is 0 Å². The molecule has 0 N–H and O–H groups in total. The zero-order valence-corrected chi connectivity index (χ0v) is 8.59. The lowest BCUT2D eigenvalue weighted by Crippen LogP contribution is -2.02. The van der Waals surface area contributed by atoms with E-state index in [0.29, 0.717) is 5.56 Å². The van der Waals surface area contributed by atoms with E-state index in [9.17, 15) is 9.59 Å². The molecule has 0 aliphatic carbocycles. The van der Waals surface area contributed by atoms with Crippen LogP contribution in [-0.4, -0.2) is 18.1 Å². The Bertz CT molecular complexity index is 353. The molecule has 1 rings (SSSR count). The Kier molecular flexibility index (Phi) is 3.25. The molecule has 0 saturated carbocycles. The molecule has 74 valence electrons. The number of carbonyl (C=O) groups excluding carboxylic acids is 2. The van der Waals surface area contributed by atoms with Gasteiger partial charge in [0.2, 0.25) is 0 Å². The molecule has 0 saturated heterocycles. The monoisotopic (exact) mass is 212 g/mol. The fourth-order valence-corrected chi connectivity index (χ4v) is 1.34. The van der Waals surface area contributed by atoms with Crippen LogP contribution >= 0.6 is 11.6 Å². The zero-order chi connectivity index (χ0) is 10.7. The second-order valence-corrected chi connectivity index (χ2v) is 3.06. The number of hydrogen-bond acceptors (Lipinski definition) is 3. The number of Topliss-reactive ketones (excluding diaryl/α,β-unsaturated/α-hetero) is 1. The first-order chi connectivity index (χ1) is 6.57. The number of carbonyl (C=O) groups is 2. The number of para-hydroxylation sites is 1. The van der Waals surface area contributed by atoms with Crippen LogP contribution in [0.25, 0.3) is 0 Å². The summed E-state index contributed by atoms with van der Waals surface area (Å²) in [5, 5.41) is -0.634. The Balaban J connectivity index is 3.39. The van der Waals surface area contributed by atoms with Crippen LogP contribution in [0.5, 0.6) is 5.75 Å². The van der Waals surface area contributed by atoms with Crippen LogP contribution < -0.4 is 4.74 Å². The maximum atomic E-state index is 11.2. The molecule has 0 amide bonds. The largest absolute Gasteiger partial charge is 0.495 e. The Labute approximate surface area is 86.6 Å². The van der Waals surface area contributed by atoms with Crippen LogP contribution in [0.4, 0.5) is 0 Å². The minimum Gasteiger partial charge on any atom is -0.495 e. The molecule has 0 heterocycles. The van der Waals surface area contributed by atoms with Gasteiger partial charge in [0.05, 0.1) is 18.2 Å². The predicted octanol–water partition coefficient (Wildman–Crippen LogP) is 2.28. The third-order valence-electron chi connectivity index (χ3n) is 1.81. The molecule has 0 aromatic heterocycles. The van der Waals surface area contributed by atoms with E-state index in [4.69, 9.17) is 16.3 Å². The van der Waals surface area contributed by atoms with Crippen molar-refractivity contribution in [2.75, 3.05) is 7.11 Å². The number of hydrogen-bond donors (Lipinski definition) is 0. The van der Waals surface area contributed by atoms with Crippen LogP contribution in [-0.2, 0) is 0 Å². The van der Waals surface area contributed by atoms with E-state index < -0.39 is 5.24 Å². The van der Waals surface area contributed by atoms with E-state index in [1.54, 1.807) is 12.1 Å². The maximum Gasteiger partial charge on any atom is 0.256 e. The highest BCUT2D eigenvalue weighted by Crippen LogP contribution is 2.25. The molecule has 0 bridgehead atoms.